The Bertz CT molecular complexity index is 1340. The van der Waals surface area contributed by atoms with Gasteiger partial charge in [-0.3, -0.25) is 9.59 Å². The van der Waals surface area contributed by atoms with Gasteiger partial charge in [0.05, 0.1) is 34.6 Å². The van der Waals surface area contributed by atoms with Gasteiger partial charge in [0.25, 0.3) is 5.91 Å². The first-order valence-corrected chi connectivity index (χ1v) is 12.2. The molecule has 1 amide bonds. The first kappa shape index (κ1) is 23.0. The van der Waals surface area contributed by atoms with E-state index in [0.29, 0.717) is 28.2 Å². The van der Waals surface area contributed by atoms with Gasteiger partial charge in [0, 0.05) is 29.1 Å². The Morgan fingerprint density at radius 2 is 1.46 bits per heavy atom. The molecule has 0 saturated carbocycles. The maximum Gasteiger partial charge on any atom is 0.258 e. The van der Waals surface area contributed by atoms with Gasteiger partial charge in [0.2, 0.25) is 0 Å². The van der Waals surface area contributed by atoms with Crippen LogP contribution in [0.5, 0.6) is 5.75 Å². The van der Waals surface area contributed by atoms with E-state index in [-0.39, 0.29) is 11.7 Å². The average molecular weight is 485 g/mol. The summed E-state index contributed by atoms with van der Waals surface area (Å²) in [6.45, 7) is 5.55. The van der Waals surface area contributed by atoms with Crippen molar-refractivity contribution in [2.45, 2.75) is 18.7 Å². The number of ketones is 1. The summed E-state index contributed by atoms with van der Waals surface area (Å²) in [5, 5.41) is 2.97. The van der Waals surface area contributed by atoms with E-state index in [1.165, 1.54) is 0 Å². The maximum absolute atomic E-state index is 13.6. The molecule has 6 nitrogen and oxygen atoms in total. The number of para-hydroxylation sites is 1. The summed E-state index contributed by atoms with van der Waals surface area (Å²) in [4.78, 5) is 35.0. The highest BCUT2D eigenvalue weighted by Gasteiger charge is 2.41. The van der Waals surface area contributed by atoms with E-state index in [1.54, 1.807) is 12.1 Å². The van der Waals surface area contributed by atoms with Gasteiger partial charge in [-0.1, -0.05) is 54.6 Å². The fourth-order valence-electron chi connectivity index (χ4n) is 4.42. The van der Waals surface area contributed by atoms with Crippen LogP contribution in [0.2, 0.25) is 0 Å². The number of hydrogen-bond acceptors (Lipinski definition) is 6. The Morgan fingerprint density at radius 1 is 0.800 bits per heavy atom. The molecule has 5 rings (SSSR count). The summed E-state index contributed by atoms with van der Waals surface area (Å²) in [6, 6.07) is 24.2. The van der Waals surface area contributed by atoms with E-state index in [1.807, 2.05) is 80.6 Å². The number of nitrogens with one attached hydrogen (secondary N) is 1. The normalized spacial score (nSPS) is 14.6. The summed E-state index contributed by atoms with van der Waals surface area (Å²) in [5.41, 5.74) is 4.39. The molecule has 0 atom stereocenters. The Morgan fingerprint density at radius 3 is 2.14 bits per heavy atom. The smallest absolute Gasteiger partial charge is 0.258 e. The summed E-state index contributed by atoms with van der Waals surface area (Å²) >= 11 is 1.08. The second-order valence-electron chi connectivity index (χ2n) is 8.05. The van der Waals surface area contributed by atoms with Crippen molar-refractivity contribution in [1.29, 1.82) is 0 Å². The van der Waals surface area contributed by atoms with Gasteiger partial charge in [-0.15, -0.1) is 4.33 Å². The van der Waals surface area contributed by atoms with Crippen LogP contribution < -0.4 is 10.2 Å². The third kappa shape index (κ3) is 4.24. The van der Waals surface area contributed by atoms with Crippen molar-refractivity contribution >= 4 is 35.1 Å². The minimum Gasteiger partial charge on any atom is -0.371 e. The minimum absolute atomic E-state index is 0.141. The predicted molar refractivity (Wildman–Crippen MR) is 136 cm³/mol. The number of amides is 1. The summed E-state index contributed by atoms with van der Waals surface area (Å²) < 4.78 is 5.26. The van der Waals surface area contributed by atoms with E-state index < -0.39 is 0 Å². The zero-order valence-electron chi connectivity index (χ0n) is 19.4. The fourth-order valence-corrected chi connectivity index (χ4v) is 4.86. The van der Waals surface area contributed by atoms with Gasteiger partial charge in [-0.25, -0.2) is 0 Å². The first-order valence-electron chi connectivity index (χ1n) is 11.5. The summed E-state index contributed by atoms with van der Waals surface area (Å²) in [5.74, 6) is 0.215. The molecular formula is C28H24N2O4S. The van der Waals surface area contributed by atoms with Crippen LogP contribution >= 0.6 is 12.0 Å². The molecule has 35 heavy (non-hydrogen) atoms. The lowest BCUT2D eigenvalue weighted by molar-refractivity contribution is -0.115. The largest absolute Gasteiger partial charge is 0.371 e. The van der Waals surface area contributed by atoms with E-state index in [4.69, 9.17) is 9.22 Å². The van der Waals surface area contributed by atoms with Gasteiger partial charge in [-0.05, 0) is 43.7 Å². The number of nitrogens with zero attached hydrogens (tertiary/aromatic N) is 1. The second kappa shape index (κ2) is 9.82. The Balaban J connectivity index is 1.48. The van der Waals surface area contributed by atoms with Crippen LogP contribution in [0.15, 0.2) is 94.9 Å². The molecule has 0 aromatic heterocycles. The second-order valence-corrected chi connectivity index (χ2v) is 8.82. The number of benzene rings is 3. The van der Waals surface area contributed by atoms with Crippen molar-refractivity contribution < 1.29 is 18.8 Å². The Kier molecular flexibility index (Phi) is 6.44. The van der Waals surface area contributed by atoms with Crippen LogP contribution in [0, 0.1) is 0 Å². The van der Waals surface area contributed by atoms with Crippen molar-refractivity contribution in [3.05, 3.63) is 107 Å². The lowest BCUT2D eigenvalue weighted by Crippen LogP contribution is -2.29. The van der Waals surface area contributed by atoms with E-state index in [9.17, 15) is 9.59 Å². The standard InChI is InChI=1S/C28H24N2O4S/c1-3-30(4-2)26-21-12-8-9-13-22(21)27(31)23-24(26)28(32)29-25(23)18-14-16-20(17-15-18)35-34-33-19-10-6-5-7-11-19/h5-17H,3-4H2,1-2H3,(H,29,32). The highest BCUT2D eigenvalue weighted by molar-refractivity contribution is 7.94. The lowest BCUT2D eigenvalue weighted by Gasteiger charge is -2.30. The third-order valence-corrected chi connectivity index (χ3v) is 6.68. The number of carbonyl (C=O) groups is 2. The molecule has 176 valence electrons. The van der Waals surface area contributed by atoms with Crippen LogP contribution in [-0.2, 0) is 9.13 Å². The zero-order chi connectivity index (χ0) is 24.4. The van der Waals surface area contributed by atoms with Crippen molar-refractivity contribution in [3.63, 3.8) is 0 Å². The highest BCUT2D eigenvalue weighted by atomic mass is 32.2. The van der Waals surface area contributed by atoms with Crippen LogP contribution in [0.3, 0.4) is 0 Å². The molecule has 2 aliphatic rings. The van der Waals surface area contributed by atoms with Crippen molar-refractivity contribution in [2.75, 3.05) is 13.1 Å². The zero-order valence-corrected chi connectivity index (χ0v) is 20.2. The molecule has 0 unspecified atom stereocenters. The molecule has 3 aromatic carbocycles. The van der Waals surface area contributed by atoms with Crippen LogP contribution in [0.4, 0.5) is 0 Å². The molecule has 0 radical (unpaired) electrons. The van der Waals surface area contributed by atoms with Gasteiger partial charge in [0.15, 0.2) is 11.5 Å². The molecular weight excluding hydrogens is 460 g/mol. The summed E-state index contributed by atoms with van der Waals surface area (Å²) in [6.07, 6.45) is 0. The molecule has 0 bridgehead atoms. The molecule has 0 fully saturated rings. The number of Topliss-reactive ketones (excluding diaryl/α,β-unsaturated/α-hetero) is 1. The van der Waals surface area contributed by atoms with Crippen LogP contribution in [0.1, 0.15) is 35.3 Å². The van der Waals surface area contributed by atoms with Crippen molar-refractivity contribution in [2.24, 2.45) is 0 Å². The lowest BCUT2D eigenvalue weighted by atomic mass is 9.83. The van der Waals surface area contributed by atoms with E-state index in [2.05, 4.69) is 10.2 Å². The summed E-state index contributed by atoms with van der Waals surface area (Å²) in [7, 11) is 0. The van der Waals surface area contributed by atoms with Crippen LogP contribution in [-0.4, -0.2) is 29.7 Å². The molecule has 1 aliphatic heterocycles. The van der Waals surface area contributed by atoms with Crippen LogP contribution in [0.25, 0.3) is 11.4 Å². The third-order valence-electron chi connectivity index (χ3n) is 6.08. The fraction of sp³-hybridized carbons (Fsp3) is 0.143. The Hall–Kier alpha value is -3.81. The quantitative estimate of drug-likeness (QED) is 0.259. The SMILES string of the molecule is CCN(CC)C1=C2C(=O)NC(c3ccc(SOOc4ccccc4)cc3)=C2C(=O)c2ccccc21. The molecule has 1 N–H and O–H groups in total. The molecule has 1 aliphatic carbocycles. The van der Waals surface area contributed by atoms with Gasteiger partial charge in [0.1, 0.15) is 0 Å². The molecule has 0 spiro atoms. The van der Waals surface area contributed by atoms with Crippen molar-refractivity contribution in [1.82, 2.24) is 10.2 Å². The Labute approximate surface area is 208 Å². The van der Waals surface area contributed by atoms with E-state index >= 15 is 0 Å². The first-order chi connectivity index (χ1) is 17.1. The topological polar surface area (TPSA) is 67.9 Å². The van der Waals surface area contributed by atoms with E-state index in [0.717, 1.165) is 46.9 Å². The number of rotatable bonds is 8. The monoisotopic (exact) mass is 484 g/mol. The predicted octanol–water partition coefficient (Wildman–Crippen LogP) is 5.49. The molecule has 0 saturated heterocycles. The maximum atomic E-state index is 13.6. The minimum atomic E-state index is -0.252. The molecule has 3 aromatic rings. The molecule has 1 heterocycles. The van der Waals surface area contributed by atoms with Gasteiger partial charge >= 0.3 is 0 Å². The number of carbonyl (C=O) groups excluding carboxylic acids is 2. The highest BCUT2D eigenvalue weighted by Crippen LogP contribution is 2.42. The number of fused-ring (bicyclic) bond motifs is 2. The average Bonchev–Trinajstić information content (AvgIpc) is 3.24. The van der Waals surface area contributed by atoms with Crippen molar-refractivity contribution in [3.8, 4) is 5.75 Å². The van der Waals surface area contributed by atoms with Gasteiger partial charge < -0.3 is 15.1 Å². The van der Waals surface area contributed by atoms with Gasteiger partial charge in [-0.2, -0.15) is 0 Å². The molecule has 7 heteroatoms. The number of hydrogen-bond donors (Lipinski definition) is 1.